The first-order valence-electron chi connectivity index (χ1n) is 8.94. The van der Waals surface area contributed by atoms with E-state index in [1.165, 1.54) is 5.56 Å². The summed E-state index contributed by atoms with van der Waals surface area (Å²) in [6.07, 6.45) is 0. The molecule has 0 saturated carbocycles. The zero-order valence-corrected chi connectivity index (χ0v) is 15.9. The third kappa shape index (κ3) is 4.66. The smallest absolute Gasteiger partial charge is 0.258 e. The van der Waals surface area contributed by atoms with Crippen molar-refractivity contribution in [2.24, 2.45) is 0 Å². The molecule has 1 fully saturated rings. The summed E-state index contributed by atoms with van der Waals surface area (Å²) in [5, 5.41) is 0.642. The van der Waals surface area contributed by atoms with Crippen LogP contribution in [0.4, 0.5) is 5.69 Å². The van der Waals surface area contributed by atoms with Gasteiger partial charge in [0.05, 0.1) is 17.4 Å². The fourth-order valence-corrected chi connectivity index (χ4v) is 3.48. The highest BCUT2D eigenvalue weighted by Gasteiger charge is 2.18. The van der Waals surface area contributed by atoms with E-state index in [0.29, 0.717) is 11.9 Å². The molecule has 0 aliphatic carbocycles. The molecule has 142 valence electrons. The van der Waals surface area contributed by atoms with Crippen molar-refractivity contribution in [3.63, 3.8) is 0 Å². The van der Waals surface area contributed by atoms with Crippen molar-refractivity contribution in [2.75, 3.05) is 31.9 Å². The SMILES string of the molecule is Cl.Nc1cccc(CN2CCN(Cc3nc4ccccc4c(=O)[nH]3)CC2)c1. The van der Waals surface area contributed by atoms with E-state index >= 15 is 0 Å². The first-order valence-corrected chi connectivity index (χ1v) is 8.94. The molecule has 1 saturated heterocycles. The van der Waals surface area contributed by atoms with Crippen molar-refractivity contribution < 1.29 is 0 Å². The number of fused-ring (bicyclic) bond motifs is 1. The fourth-order valence-electron chi connectivity index (χ4n) is 3.48. The molecule has 7 heteroatoms. The summed E-state index contributed by atoms with van der Waals surface area (Å²) in [5.74, 6) is 0.734. The Hall–Kier alpha value is -2.41. The lowest BCUT2D eigenvalue weighted by atomic mass is 10.2. The highest BCUT2D eigenvalue weighted by Crippen LogP contribution is 2.13. The number of aromatic nitrogens is 2. The number of aromatic amines is 1. The second kappa shape index (κ2) is 8.52. The fraction of sp³-hybridized carbons (Fsp3) is 0.300. The average Bonchev–Trinajstić information content (AvgIpc) is 2.64. The summed E-state index contributed by atoms with van der Waals surface area (Å²) >= 11 is 0. The zero-order chi connectivity index (χ0) is 17.9. The molecule has 1 aromatic heterocycles. The number of nitrogens with zero attached hydrogens (tertiary/aromatic N) is 3. The normalized spacial score (nSPS) is 15.6. The first-order chi connectivity index (χ1) is 12.7. The molecule has 0 unspecified atom stereocenters. The van der Waals surface area contributed by atoms with Crippen molar-refractivity contribution in [2.45, 2.75) is 13.1 Å². The van der Waals surface area contributed by atoms with E-state index in [1.54, 1.807) is 6.07 Å². The molecule has 0 amide bonds. The van der Waals surface area contributed by atoms with Gasteiger partial charge in [0, 0.05) is 38.4 Å². The van der Waals surface area contributed by atoms with Crippen LogP contribution in [0.25, 0.3) is 10.9 Å². The minimum Gasteiger partial charge on any atom is -0.399 e. The van der Waals surface area contributed by atoms with Crippen LogP contribution in [0.3, 0.4) is 0 Å². The quantitative estimate of drug-likeness (QED) is 0.673. The molecule has 2 aromatic carbocycles. The zero-order valence-electron chi connectivity index (χ0n) is 15.1. The molecule has 6 nitrogen and oxygen atoms in total. The Morgan fingerprint density at radius 1 is 0.963 bits per heavy atom. The number of nitrogens with one attached hydrogen (secondary N) is 1. The van der Waals surface area contributed by atoms with E-state index in [2.05, 4.69) is 25.8 Å². The number of hydrogen-bond acceptors (Lipinski definition) is 5. The number of nitrogens with two attached hydrogens (primary N) is 1. The van der Waals surface area contributed by atoms with Crippen LogP contribution in [0, 0.1) is 0 Å². The van der Waals surface area contributed by atoms with Gasteiger partial charge in [0.2, 0.25) is 0 Å². The van der Waals surface area contributed by atoms with Crippen LogP contribution in [-0.4, -0.2) is 45.9 Å². The van der Waals surface area contributed by atoms with Crippen molar-refractivity contribution in [3.05, 3.63) is 70.3 Å². The van der Waals surface area contributed by atoms with E-state index in [0.717, 1.165) is 49.8 Å². The van der Waals surface area contributed by atoms with E-state index < -0.39 is 0 Å². The van der Waals surface area contributed by atoms with Crippen LogP contribution in [-0.2, 0) is 13.1 Å². The third-order valence-electron chi connectivity index (χ3n) is 4.86. The van der Waals surface area contributed by atoms with E-state index in [9.17, 15) is 4.79 Å². The monoisotopic (exact) mass is 385 g/mol. The first kappa shape index (κ1) is 19.4. The largest absolute Gasteiger partial charge is 0.399 e. The number of H-pyrrole nitrogens is 1. The van der Waals surface area contributed by atoms with Crippen LogP contribution in [0.2, 0.25) is 0 Å². The molecule has 1 aliphatic heterocycles. The summed E-state index contributed by atoms with van der Waals surface area (Å²) < 4.78 is 0. The molecule has 27 heavy (non-hydrogen) atoms. The standard InChI is InChI=1S/C20H23N5O.ClH/c21-16-5-3-4-15(12-16)13-24-8-10-25(11-9-24)14-19-22-18-7-2-1-6-17(18)20(26)23-19;/h1-7,12H,8-11,13-14,21H2,(H,22,23,26);1H. The Bertz CT molecular complexity index is 966. The molecule has 3 aromatic rings. The Morgan fingerprint density at radius 3 is 2.41 bits per heavy atom. The number of halogens is 1. The van der Waals surface area contributed by atoms with E-state index in [1.807, 2.05) is 36.4 Å². The Balaban J connectivity index is 0.00000210. The van der Waals surface area contributed by atoms with Gasteiger partial charge in [-0.3, -0.25) is 14.6 Å². The molecular weight excluding hydrogens is 362 g/mol. The van der Waals surface area contributed by atoms with Gasteiger partial charge in [-0.05, 0) is 29.8 Å². The van der Waals surface area contributed by atoms with Gasteiger partial charge in [-0.15, -0.1) is 12.4 Å². The van der Waals surface area contributed by atoms with Gasteiger partial charge in [0.25, 0.3) is 5.56 Å². The highest BCUT2D eigenvalue weighted by molar-refractivity contribution is 5.85. The highest BCUT2D eigenvalue weighted by atomic mass is 35.5. The van der Waals surface area contributed by atoms with Crippen molar-refractivity contribution in [1.29, 1.82) is 0 Å². The number of nitrogen functional groups attached to an aromatic ring is 1. The minimum absolute atomic E-state index is 0. The molecular formula is C20H24ClN5O. The predicted molar refractivity (Wildman–Crippen MR) is 111 cm³/mol. The second-order valence-corrected chi connectivity index (χ2v) is 6.83. The molecule has 2 heterocycles. The molecule has 4 rings (SSSR count). The summed E-state index contributed by atoms with van der Waals surface area (Å²) in [4.78, 5) is 24.5. The topological polar surface area (TPSA) is 78.2 Å². The van der Waals surface area contributed by atoms with Crippen LogP contribution in [0.5, 0.6) is 0 Å². The lowest BCUT2D eigenvalue weighted by molar-refractivity contribution is 0.120. The lowest BCUT2D eigenvalue weighted by Crippen LogP contribution is -2.45. The van der Waals surface area contributed by atoms with Gasteiger partial charge >= 0.3 is 0 Å². The maximum atomic E-state index is 12.2. The third-order valence-corrected chi connectivity index (χ3v) is 4.86. The van der Waals surface area contributed by atoms with Crippen molar-refractivity contribution in [3.8, 4) is 0 Å². The van der Waals surface area contributed by atoms with Gasteiger partial charge in [-0.2, -0.15) is 0 Å². The van der Waals surface area contributed by atoms with Crippen LogP contribution < -0.4 is 11.3 Å². The van der Waals surface area contributed by atoms with Crippen molar-refractivity contribution in [1.82, 2.24) is 19.8 Å². The number of anilines is 1. The molecule has 3 N–H and O–H groups in total. The Morgan fingerprint density at radius 2 is 1.67 bits per heavy atom. The molecule has 0 bridgehead atoms. The second-order valence-electron chi connectivity index (χ2n) is 6.83. The number of hydrogen-bond donors (Lipinski definition) is 2. The summed E-state index contributed by atoms with van der Waals surface area (Å²) in [7, 11) is 0. The van der Waals surface area contributed by atoms with Crippen LogP contribution >= 0.6 is 12.4 Å². The number of piperazine rings is 1. The lowest BCUT2D eigenvalue weighted by Gasteiger charge is -2.34. The predicted octanol–water partition coefficient (Wildman–Crippen LogP) is 2.24. The number of para-hydroxylation sites is 1. The minimum atomic E-state index is -0.0640. The Kier molecular flexibility index (Phi) is 6.11. The summed E-state index contributed by atoms with van der Waals surface area (Å²) in [6.45, 7) is 5.49. The summed E-state index contributed by atoms with van der Waals surface area (Å²) in [5.41, 5.74) is 8.61. The van der Waals surface area contributed by atoms with Gasteiger partial charge in [-0.1, -0.05) is 24.3 Å². The maximum absolute atomic E-state index is 12.2. The van der Waals surface area contributed by atoms with E-state index in [-0.39, 0.29) is 18.0 Å². The number of rotatable bonds is 4. The Labute approximate surface area is 164 Å². The van der Waals surface area contributed by atoms with Crippen LogP contribution in [0.15, 0.2) is 53.3 Å². The van der Waals surface area contributed by atoms with Gasteiger partial charge in [0.15, 0.2) is 0 Å². The number of benzene rings is 2. The van der Waals surface area contributed by atoms with E-state index in [4.69, 9.17) is 5.73 Å². The molecule has 0 spiro atoms. The maximum Gasteiger partial charge on any atom is 0.258 e. The van der Waals surface area contributed by atoms with Crippen molar-refractivity contribution >= 4 is 29.0 Å². The van der Waals surface area contributed by atoms with Gasteiger partial charge < -0.3 is 10.7 Å². The molecule has 1 aliphatic rings. The molecule has 0 radical (unpaired) electrons. The summed E-state index contributed by atoms with van der Waals surface area (Å²) in [6, 6.07) is 15.5. The molecule has 0 atom stereocenters. The van der Waals surface area contributed by atoms with Gasteiger partial charge in [0.1, 0.15) is 5.82 Å². The average molecular weight is 386 g/mol. The van der Waals surface area contributed by atoms with Gasteiger partial charge in [-0.25, -0.2) is 4.98 Å². The van der Waals surface area contributed by atoms with Crippen LogP contribution in [0.1, 0.15) is 11.4 Å².